The Morgan fingerprint density at radius 3 is 1.35 bits per heavy atom. The first-order valence-electron chi connectivity index (χ1n) is 17.2. The van der Waals surface area contributed by atoms with Crippen LogP contribution in [0.5, 0.6) is 0 Å². The van der Waals surface area contributed by atoms with Gasteiger partial charge in [0.1, 0.15) is 18.3 Å². The molecule has 2 saturated carbocycles. The normalized spacial score (nSPS) is 18.5. The zero-order valence-electron chi connectivity index (χ0n) is 28.5. The van der Waals surface area contributed by atoms with E-state index in [1.54, 1.807) is 6.92 Å². The van der Waals surface area contributed by atoms with E-state index in [4.69, 9.17) is 9.84 Å². The van der Waals surface area contributed by atoms with E-state index in [2.05, 4.69) is 19.9 Å². The van der Waals surface area contributed by atoms with Crippen molar-refractivity contribution in [2.75, 3.05) is 13.2 Å². The van der Waals surface area contributed by atoms with Crippen molar-refractivity contribution in [3.8, 4) is 0 Å². The Balaban J connectivity index is 0.000000198. The predicted octanol–water partition coefficient (Wildman–Crippen LogP) is 7.68. The number of ketones is 1. The minimum atomic E-state index is -2.61. The van der Waals surface area contributed by atoms with Gasteiger partial charge in [-0.3, -0.25) is 4.79 Å². The molecule has 8 nitrogen and oxygen atoms in total. The van der Waals surface area contributed by atoms with Gasteiger partial charge in [-0.2, -0.15) is 0 Å². The van der Waals surface area contributed by atoms with E-state index in [0.29, 0.717) is 55.7 Å². The number of carbonyl (C=O) groups excluding carboxylic acids is 2. The quantitative estimate of drug-likeness (QED) is 0.101. The maximum atomic E-state index is 13.7. The smallest absolute Gasteiger partial charge is 0.341 e. The Morgan fingerprint density at radius 1 is 0.627 bits per heavy atom. The SMILES string of the molecule is CCOC(=O)c1cnc(CC2(c3ccccc3)CCC(F)(F)CC2)nc1.O=C(CO)c1cnc(CC2(c3ccccc3)CCC(F)(F)CC2)nc1. The Kier molecular flexibility index (Phi) is 12.0. The molecule has 2 aliphatic rings. The third-order valence-corrected chi connectivity index (χ3v) is 10.0. The summed E-state index contributed by atoms with van der Waals surface area (Å²) in [4.78, 5) is 40.2. The van der Waals surface area contributed by atoms with E-state index in [0.717, 1.165) is 11.1 Å². The number of alkyl halides is 4. The van der Waals surface area contributed by atoms with Crippen LogP contribution < -0.4 is 0 Å². The van der Waals surface area contributed by atoms with Crippen molar-refractivity contribution in [2.24, 2.45) is 0 Å². The summed E-state index contributed by atoms with van der Waals surface area (Å²) in [5, 5.41) is 8.88. The van der Waals surface area contributed by atoms with Gasteiger partial charge in [0.2, 0.25) is 11.8 Å². The number of benzene rings is 2. The lowest BCUT2D eigenvalue weighted by Gasteiger charge is -2.40. The van der Waals surface area contributed by atoms with Crippen molar-refractivity contribution in [3.05, 3.63) is 119 Å². The summed E-state index contributed by atoms with van der Waals surface area (Å²) in [5.74, 6) is -5.06. The van der Waals surface area contributed by atoms with Crippen molar-refractivity contribution in [3.63, 3.8) is 0 Å². The number of hydrogen-bond acceptors (Lipinski definition) is 8. The van der Waals surface area contributed by atoms with Gasteiger partial charge in [0, 0.05) is 74.1 Å². The highest BCUT2D eigenvalue weighted by Crippen LogP contribution is 2.48. The summed E-state index contributed by atoms with van der Waals surface area (Å²) < 4.78 is 59.8. The van der Waals surface area contributed by atoms with Gasteiger partial charge >= 0.3 is 5.97 Å². The molecule has 0 amide bonds. The molecule has 0 spiro atoms. The molecule has 0 aliphatic heterocycles. The second kappa shape index (κ2) is 16.2. The van der Waals surface area contributed by atoms with Gasteiger partial charge in [0.05, 0.1) is 17.7 Å². The van der Waals surface area contributed by atoms with Crippen molar-refractivity contribution >= 4 is 11.8 Å². The number of nitrogens with zero attached hydrogens (tertiary/aromatic N) is 4. The van der Waals surface area contributed by atoms with Gasteiger partial charge < -0.3 is 9.84 Å². The van der Waals surface area contributed by atoms with Crippen molar-refractivity contribution in [2.45, 2.75) is 93.8 Å². The molecule has 0 atom stereocenters. The molecule has 2 heterocycles. The number of Topliss-reactive ketones (excluding diaryl/α,β-unsaturated/α-hetero) is 1. The standard InChI is InChI=1S/C20H22F2N2O2.C19H20F2N2O2/c1-2-26-18(25)15-13-23-17(24-14-15)12-19(16-6-4-3-5-7-16)8-10-20(21,22)11-9-19;20-19(21)8-6-18(7-9-19,15-4-2-1-3-5-15)10-17-22-11-14(12-23-17)16(25)13-24/h3-7,13-14H,2,8-12H2,1H3;1-5,11-12,24H,6-10,13H2. The average Bonchev–Trinajstić information content (AvgIpc) is 3.15. The minimum Gasteiger partial charge on any atom is -0.462 e. The monoisotopic (exact) mass is 706 g/mol. The molecule has 0 radical (unpaired) electrons. The zero-order valence-corrected chi connectivity index (χ0v) is 28.5. The third kappa shape index (κ3) is 9.61. The average molecular weight is 707 g/mol. The molecule has 2 aromatic carbocycles. The number of aliphatic hydroxyl groups is 1. The van der Waals surface area contributed by atoms with Crippen LogP contribution in [-0.4, -0.2) is 61.9 Å². The number of esters is 1. The molecule has 2 fully saturated rings. The van der Waals surface area contributed by atoms with E-state index in [-0.39, 0.29) is 37.9 Å². The van der Waals surface area contributed by atoms with Gasteiger partial charge in [-0.25, -0.2) is 42.3 Å². The first-order valence-corrected chi connectivity index (χ1v) is 17.2. The fourth-order valence-electron chi connectivity index (χ4n) is 6.96. The number of aliphatic hydroxyl groups excluding tert-OH is 1. The molecule has 0 saturated heterocycles. The number of ether oxygens (including phenoxy) is 1. The summed E-state index contributed by atoms with van der Waals surface area (Å²) in [7, 11) is 0. The molecule has 1 N–H and O–H groups in total. The predicted molar refractivity (Wildman–Crippen MR) is 182 cm³/mol. The fourth-order valence-corrected chi connectivity index (χ4v) is 6.96. The Bertz CT molecular complexity index is 1720. The lowest BCUT2D eigenvalue weighted by atomic mass is 9.66. The van der Waals surface area contributed by atoms with Crippen molar-refractivity contribution in [1.82, 2.24) is 19.9 Å². The summed E-state index contributed by atoms with van der Waals surface area (Å²) in [6, 6.07) is 19.4. The van der Waals surface area contributed by atoms with Crippen molar-refractivity contribution in [1.29, 1.82) is 0 Å². The van der Waals surface area contributed by atoms with Crippen LogP contribution in [0.1, 0.15) is 102 Å². The highest BCUT2D eigenvalue weighted by atomic mass is 19.3. The molecule has 0 unspecified atom stereocenters. The van der Waals surface area contributed by atoms with Gasteiger partial charge in [-0.15, -0.1) is 0 Å². The van der Waals surface area contributed by atoms with Gasteiger partial charge in [-0.05, 0) is 43.7 Å². The molecular weight excluding hydrogens is 664 g/mol. The number of hydrogen-bond donors (Lipinski definition) is 1. The molecule has 0 bridgehead atoms. The van der Waals surface area contributed by atoms with Gasteiger partial charge in [-0.1, -0.05) is 60.7 Å². The maximum absolute atomic E-state index is 13.7. The lowest BCUT2D eigenvalue weighted by molar-refractivity contribution is -0.0527. The van der Waals surface area contributed by atoms with Crippen LogP contribution in [0.3, 0.4) is 0 Å². The molecule has 6 rings (SSSR count). The first-order chi connectivity index (χ1) is 24.4. The van der Waals surface area contributed by atoms with Crippen LogP contribution in [0.4, 0.5) is 17.6 Å². The van der Waals surface area contributed by atoms with Crippen LogP contribution in [0.2, 0.25) is 0 Å². The van der Waals surface area contributed by atoms with E-state index in [1.807, 2.05) is 60.7 Å². The number of rotatable bonds is 10. The van der Waals surface area contributed by atoms with Crippen LogP contribution in [0.15, 0.2) is 85.5 Å². The third-order valence-electron chi connectivity index (χ3n) is 10.0. The van der Waals surface area contributed by atoms with E-state index >= 15 is 0 Å². The second-order valence-corrected chi connectivity index (χ2v) is 13.4. The molecule has 51 heavy (non-hydrogen) atoms. The molecular formula is C39H42F4N4O4. The topological polar surface area (TPSA) is 115 Å². The molecule has 4 aromatic rings. The van der Waals surface area contributed by atoms with Crippen LogP contribution in [0.25, 0.3) is 0 Å². The number of halogens is 4. The minimum absolute atomic E-state index is 0.136. The van der Waals surface area contributed by atoms with Gasteiger partial charge in [0.25, 0.3) is 0 Å². The van der Waals surface area contributed by atoms with E-state index in [9.17, 15) is 27.2 Å². The summed E-state index contributed by atoms with van der Waals surface area (Å²) in [6.45, 7) is 1.42. The maximum Gasteiger partial charge on any atom is 0.341 e. The van der Waals surface area contributed by atoms with E-state index < -0.39 is 41.0 Å². The second-order valence-electron chi connectivity index (χ2n) is 13.4. The van der Waals surface area contributed by atoms with Crippen LogP contribution in [0, 0.1) is 0 Å². The summed E-state index contributed by atoms with van der Waals surface area (Å²) in [6.07, 6.45) is 7.49. The number of carbonyl (C=O) groups is 2. The fraction of sp³-hybridized carbons (Fsp3) is 0.436. The Morgan fingerprint density at radius 2 is 1.00 bits per heavy atom. The summed E-state index contributed by atoms with van der Waals surface area (Å²) in [5.41, 5.74) is 1.76. The zero-order chi connectivity index (χ0) is 36.5. The van der Waals surface area contributed by atoms with Crippen molar-refractivity contribution < 1.29 is 37.0 Å². The Hall–Kier alpha value is -4.58. The van der Waals surface area contributed by atoms with Crippen LogP contribution in [-0.2, 0) is 28.4 Å². The molecule has 12 heteroatoms. The lowest BCUT2D eigenvalue weighted by Crippen LogP contribution is -2.38. The highest BCUT2D eigenvalue weighted by Gasteiger charge is 2.46. The number of aromatic nitrogens is 4. The van der Waals surface area contributed by atoms with Crippen LogP contribution >= 0.6 is 0 Å². The highest BCUT2D eigenvalue weighted by molar-refractivity contribution is 5.96. The van der Waals surface area contributed by atoms with Gasteiger partial charge in [0.15, 0.2) is 5.78 Å². The first kappa shape index (κ1) is 37.7. The molecule has 2 aromatic heterocycles. The largest absolute Gasteiger partial charge is 0.462 e. The molecule has 2 aliphatic carbocycles. The van der Waals surface area contributed by atoms with E-state index in [1.165, 1.54) is 24.8 Å². The molecule has 270 valence electrons. The Labute approximate surface area is 294 Å². The summed E-state index contributed by atoms with van der Waals surface area (Å²) >= 11 is 0.